The van der Waals surface area contributed by atoms with Gasteiger partial charge in [-0.3, -0.25) is 4.79 Å². The number of nitrogens with two attached hydrogens (primary N) is 1. The molecule has 0 saturated heterocycles. The summed E-state index contributed by atoms with van der Waals surface area (Å²) in [5.74, 6) is -1.24. The van der Waals surface area contributed by atoms with Gasteiger partial charge in [-0.05, 0) is 30.8 Å². The van der Waals surface area contributed by atoms with Crippen molar-refractivity contribution in [3.05, 3.63) is 22.4 Å². The number of rotatable bonds is 9. The maximum Gasteiger partial charge on any atom is 0.331 e. The second-order valence-corrected chi connectivity index (χ2v) is 5.29. The molecule has 0 aliphatic rings. The van der Waals surface area contributed by atoms with E-state index in [1.165, 1.54) is 11.3 Å². The van der Waals surface area contributed by atoms with Gasteiger partial charge in [0.25, 0.3) is 0 Å². The smallest absolute Gasteiger partial charge is 0.331 e. The third kappa shape index (κ3) is 5.85. The predicted octanol–water partition coefficient (Wildman–Crippen LogP) is 1.90. The summed E-state index contributed by atoms with van der Waals surface area (Å²) >= 11 is 1.33. The minimum absolute atomic E-state index is 0.214. The lowest BCUT2D eigenvalue weighted by molar-refractivity contribution is -0.142. The van der Waals surface area contributed by atoms with Crippen LogP contribution in [0.3, 0.4) is 0 Å². The van der Waals surface area contributed by atoms with Crippen LogP contribution in [0.15, 0.2) is 17.5 Å². The molecular formula is C13H20N2O3S. The molecule has 1 amide bonds. The minimum atomic E-state index is -1.03. The lowest BCUT2D eigenvalue weighted by Gasteiger charge is -2.12. The van der Waals surface area contributed by atoms with Crippen LogP contribution in [0.4, 0.5) is 0 Å². The molecular weight excluding hydrogens is 264 g/mol. The fourth-order valence-electron chi connectivity index (χ4n) is 1.73. The average molecular weight is 284 g/mol. The first kappa shape index (κ1) is 15.7. The number of hydrogen-bond acceptors (Lipinski definition) is 4. The maximum atomic E-state index is 11.7. The SMILES string of the molecule is NCCCCCCC(=O)NC(C(=O)O)c1cccs1. The van der Waals surface area contributed by atoms with Gasteiger partial charge in [-0.1, -0.05) is 18.9 Å². The molecule has 0 spiro atoms. The van der Waals surface area contributed by atoms with Gasteiger partial charge in [0.1, 0.15) is 0 Å². The standard InChI is InChI=1S/C13H20N2O3S/c14-8-4-2-1-3-7-11(16)15-12(13(17)18)10-6-5-9-19-10/h5-6,9,12H,1-4,7-8,14H2,(H,15,16)(H,17,18). The third-order valence-corrected chi connectivity index (χ3v) is 3.68. The number of carbonyl (C=O) groups is 2. The molecule has 1 rings (SSSR count). The van der Waals surface area contributed by atoms with Crippen molar-refractivity contribution in [1.29, 1.82) is 0 Å². The van der Waals surface area contributed by atoms with Crippen LogP contribution in [0.25, 0.3) is 0 Å². The zero-order chi connectivity index (χ0) is 14.1. The summed E-state index contributed by atoms with van der Waals surface area (Å²) in [6.45, 7) is 0.672. The lowest BCUT2D eigenvalue weighted by Crippen LogP contribution is -2.33. The summed E-state index contributed by atoms with van der Waals surface area (Å²) in [6.07, 6.45) is 4.05. The largest absolute Gasteiger partial charge is 0.479 e. The van der Waals surface area contributed by atoms with Crippen LogP contribution < -0.4 is 11.1 Å². The summed E-state index contributed by atoms with van der Waals surface area (Å²) in [7, 11) is 0. The van der Waals surface area contributed by atoms with Gasteiger partial charge < -0.3 is 16.2 Å². The summed E-state index contributed by atoms with van der Waals surface area (Å²) in [5.41, 5.74) is 5.38. The molecule has 1 heterocycles. The molecule has 4 N–H and O–H groups in total. The molecule has 0 fully saturated rings. The molecule has 0 aliphatic carbocycles. The molecule has 5 nitrogen and oxygen atoms in total. The topological polar surface area (TPSA) is 92.4 Å². The van der Waals surface area contributed by atoms with Crippen molar-refractivity contribution < 1.29 is 14.7 Å². The van der Waals surface area contributed by atoms with E-state index in [1.54, 1.807) is 17.5 Å². The number of thiophene rings is 1. The zero-order valence-electron chi connectivity index (χ0n) is 10.8. The van der Waals surface area contributed by atoms with Gasteiger partial charge in [0.05, 0.1) is 0 Å². The van der Waals surface area contributed by atoms with E-state index < -0.39 is 12.0 Å². The Morgan fingerprint density at radius 2 is 2.05 bits per heavy atom. The number of carbonyl (C=O) groups excluding carboxylic acids is 1. The Morgan fingerprint density at radius 3 is 2.63 bits per heavy atom. The highest BCUT2D eigenvalue weighted by Gasteiger charge is 2.22. The van der Waals surface area contributed by atoms with Gasteiger partial charge >= 0.3 is 5.97 Å². The van der Waals surface area contributed by atoms with E-state index in [-0.39, 0.29) is 5.91 Å². The third-order valence-electron chi connectivity index (χ3n) is 2.74. The lowest BCUT2D eigenvalue weighted by atomic mass is 10.1. The van der Waals surface area contributed by atoms with Crippen LogP contribution in [0, 0.1) is 0 Å². The van der Waals surface area contributed by atoms with Crippen molar-refractivity contribution in [1.82, 2.24) is 5.32 Å². The van der Waals surface area contributed by atoms with Crippen LogP contribution in [-0.2, 0) is 9.59 Å². The summed E-state index contributed by atoms with van der Waals surface area (Å²) in [6, 6.07) is 2.55. The fraction of sp³-hybridized carbons (Fsp3) is 0.538. The van der Waals surface area contributed by atoms with Gasteiger partial charge in [0.2, 0.25) is 5.91 Å². The van der Waals surface area contributed by atoms with Crippen molar-refractivity contribution in [2.24, 2.45) is 5.73 Å². The molecule has 106 valence electrons. The Hall–Kier alpha value is -1.40. The Kier molecular flexibility index (Phi) is 7.14. The first-order valence-electron chi connectivity index (χ1n) is 6.40. The van der Waals surface area contributed by atoms with Crippen molar-refractivity contribution in [3.8, 4) is 0 Å². The minimum Gasteiger partial charge on any atom is -0.479 e. The highest BCUT2D eigenvalue weighted by molar-refractivity contribution is 7.10. The van der Waals surface area contributed by atoms with Crippen LogP contribution >= 0.6 is 11.3 Å². The Bertz CT molecular complexity index is 393. The van der Waals surface area contributed by atoms with E-state index in [2.05, 4.69) is 5.32 Å². The van der Waals surface area contributed by atoms with E-state index in [9.17, 15) is 9.59 Å². The second kappa shape index (κ2) is 8.66. The van der Waals surface area contributed by atoms with E-state index in [0.29, 0.717) is 17.8 Å². The molecule has 0 saturated carbocycles. The molecule has 6 heteroatoms. The number of nitrogens with one attached hydrogen (secondary N) is 1. The van der Waals surface area contributed by atoms with Gasteiger partial charge in [0.15, 0.2) is 6.04 Å². The van der Waals surface area contributed by atoms with Crippen LogP contribution in [0.1, 0.15) is 43.0 Å². The molecule has 0 aromatic carbocycles. The monoisotopic (exact) mass is 284 g/mol. The highest BCUT2D eigenvalue weighted by atomic mass is 32.1. The van der Waals surface area contributed by atoms with E-state index >= 15 is 0 Å². The first-order valence-corrected chi connectivity index (χ1v) is 7.28. The van der Waals surface area contributed by atoms with E-state index in [4.69, 9.17) is 10.8 Å². The van der Waals surface area contributed by atoms with Crippen molar-refractivity contribution in [3.63, 3.8) is 0 Å². The average Bonchev–Trinajstić information content (AvgIpc) is 2.89. The number of unbranched alkanes of at least 4 members (excludes halogenated alkanes) is 3. The number of aliphatic carboxylic acids is 1. The number of hydrogen-bond donors (Lipinski definition) is 3. The molecule has 19 heavy (non-hydrogen) atoms. The predicted molar refractivity (Wildman–Crippen MR) is 75.0 cm³/mol. The number of carboxylic acids is 1. The van der Waals surface area contributed by atoms with Gasteiger partial charge in [-0.2, -0.15) is 0 Å². The summed E-state index contributed by atoms with van der Waals surface area (Å²) in [5, 5.41) is 13.5. The highest BCUT2D eigenvalue weighted by Crippen LogP contribution is 2.19. The van der Waals surface area contributed by atoms with Crippen LogP contribution in [0.2, 0.25) is 0 Å². The Morgan fingerprint density at radius 1 is 1.32 bits per heavy atom. The van der Waals surface area contributed by atoms with Gasteiger partial charge in [0, 0.05) is 11.3 Å². The van der Waals surface area contributed by atoms with E-state index in [0.717, 1.165) is 25.7 Å². The molecule has 0 aliphatic heterocycles. The molecule has 0 radical (unpaired) electrons. The second-order valence-electron chi connectivity index (χ2n) is 4.31. The van der Waals surface area contributed by atoms with Gasteiger partial charge in [-0.15, -0.1) is 11.3 Å². The zero-order valence-corrected chi connectivity index (χ0v) is 11.6. The summed E-state index contributed by atoms with van der Waals surface area (Å²) < 4.78 is 0. The Labute approximate surface area is 116 Å². The Balaban J connectivity index is 2.34. The number of carboxylic acid groups (broad SMARTS) is 1. The van der Waals surface area contributed by atoms with Crippen molar-refractivity contribution in [2.45, 2.75) is 38.1 Å². The quantitative estimate of drug-likeness (QED) is 0.604. The first-order chi connectivity index (χ1) is 9.15. The number of amides is 1. The van der Waals surface area contributed by atoms with Crippen LogP contribution in [0.5, 0.6) is 0 Å². The van der Waals surface area contributed by atoms with E-state index in [1.807, 2.05) is 0 Å². The molecule has 0 bridgehead atoms. The van der Waals surface area contributed by atoms with Crippen molar-refractivity contribution in [2.75, 3.05) is 6.54 Å². The molecule has 1 unspecified atom stereocenters. The van der Waals surface area contributed by atoms with Crippen molar-refractivity contribution >= 4 is 23.2 Å². The van der Waals surface area contributed by atoms with Gasteiger partial charge in [-0.25, -0.2) is 4.79 Å². The normalized spacial score (nSPS) is 12.1. The molecule has 1 atom stereocenters. The fourth-order valence-corrected chi connectivity index (χ4v) is 2.49. The maximum absolute atomic E-state index is 11.7. The van der Waals surface area contributed by atoms with Crippen LogP contribution in [-0.4, -0.2) is 23.5 Å². The molecule has 1 aromatic rings. The molecule has 1 aromatic heterocycles. The summed E-state index contributed by atoms with van der Waals surface area (Å²) in [4.78, 5) is 23.5.